The Morgan fingerprint density at radius 1 is 0.923 bits per heavy atom. The number of pyridine rings is 1. The van der Waals surface area contributed by atoms with E-state index in [2.05, 4.69) is 36.6 Å². The van der Waals surface area contributed by atoms with Gasteiger partial charge in [-0.1, -0.05) is 76.4 Å². The summed E-state index contributed by atoms with van der Waals surface area (Å²) in [6, 6.07) is 17.6. The highest BCUT2D eigenvalue weighted by Gasteiger charge is 2.34. The molecule has 3 aromatic rings. The summed E-state index contributed by atoms with van der Waals surface area (Å²) < 4.78 is 51.0. The van der Waals surface area contributed by atoms with Gasteiger partial charge in [-0.2, -0.15) is 13.2 Å². The number of hydrogen-bond acceptors (Lipinski definition) is 3. The molecule has 39 heavy (non-hydrogen) atoms. The van der Waals surface area contributed by atoms with Gasteiger partial charge in [-0.15, -0.1) is 0 Å². The van der Waals surface area contributed by atoms with Crippen molar-refractivity contribution in [2.75, 3.05) is 24.4 Å². The minimum Gasteiger partial charge on any atom is -0.385 e. The predicted octanol–water partition coefficient (Wildman–Crippen LogP) is 10.4. The van der Waals surface area contributed by atoms with Crippen LogP contribution >= 0.6 is 0 Å². The SMILES string of the molecule is CC.CCCNc1ccccc1C(C)Nc1cc(-c2ccccc2C(F)(F)F)nc(C2CCCCC2)c1.CF. The van der Waals surface area contributed by atoms with E-state index in [0.717, 1.165) is 67.3 Å². The minimum atomic E-state index is -4.44. The van der Waals surface area contributed by atoms with Gasteiger partial charge in [0.15, 0.2) is 0 Å². The third kappa shape index (κ3) is 8.97. The van der Waals surface area contributed by atoms with Crippen LogP contribution in [0, 0.1) is 0 Å². The maximum atomic E-state index is 13.8. The summed E-state index contributed by atoms with van der Waals surface area (Å²) in [5.41, 5.74) is 3.71. The lowest BCUT2D eigenvalue weighted by Gasteiger charge is -2.24. The molecule has 1 aliphatic rings. The van der Waals surface area contributed by atoms with Crippen molar-refractivity contribution in [1.82, 2.24) is 4.98 Å². The van der Waals surface area contributed by atoms with Crippen molar-refractivity contribution in [1.29, 1.82) is 0 Å². The zero-order valence-corrected chi connectivity index (χ0v) is 23.8. The Hall–Kier alpha value is -3.09. The Balaban J connectivity index is 0.00000127. The van der Waals surface area contributed by atoms with Crippen LogP contribution < -0.4 is 10.6 Å². The van der Waals surface area contributed by atoms with Crippen molar-refractivity contribution in [3.63, 3.8) is 0 Å². The van der Waals surface area contributed by atoms with Crippen LogP contribution in [-0.2, 0) is 6.18 Å². The molecule has 3 nitrogen and oxygen atoms in total. The third-order valence-corrected chi connectivity index (χ3v) is 6.75. The molecule has 1 unspecified atom stereocenters. The maximum absolute atomic E-state index is 13.8. The van der Waals surface area contributed by atoms with Gasteiger partial charge in [0, 0.05) is 35.1 Å². The highest BCUT2D eigenvalue weighted by atomic mass is 19.4. The molecular weight excluding hydrogens is 502 g/mol. The molecule has 1 aliphatic carbocycles. The van der Waals surface area contributed by atoms with E-state index in [1.54, 1.807) is 12.1 Å². The first-order valence-electron chi connectivity index (χ1n) is 14.0. The van der Waals surface area contributed by atoms with Crippen LogP contribution in [0.15, 0.2) is 60.7 Å². The number of halogens is 4. The lowest BCUT2D eigenvalue weighted by atomic mass is 9.86. The second-order valence-corrected chi connectivity index (χ2v) is 9.42. The fourth-order valence-corrected chi connectivity index (χ4v) is 4.96. The van der Waals surface area contributed by atoms with Crippen LogP contribution in [0.5, 0.6) is 0 Å². The van der Waals surface area contributed by atoms with Gasteiger partial charge in [0.1, 0.15) is 0 Å². The number of nitrogens with one attached hydrogen (secondary N) is 2. The van der Waals surface area contributed by atoms with Crippen molar-refractivity contribution >= 4 is 11.4 Å². The molecule has 0 aliphatic heterocycles. The van der Waals surface area contributed by atoms with Crippen molar-refractivity contribution < 1.29 is 17.6 Å². The van der Waals surface area contributed by atoms with Gasteiger partial charge in [-0.25, -0.2) is 0 Å². The lowest BCUT2D eigenvalue weighted by molar-refractivity contribution is -0.137. The van der Waals surface area contributed by atoms with Crippen LogP contribution in [-0.4, -0.2) is 18.7 Å². The smallest absolute Gasteiger partial charge is 0.385 e. The molecule has 1 heterocycles. The van der Waals surface area contributed by atoms with Crippen molar-refractivity contribution in [3.05, 3.63) is 77.5 Å². The first-order chi connectivity index (χ1) is 18.9. The first kappa shape index (κ1) is 32.1. The van der Waals surface area contributed by atoms with E-state index in [0.29, 0.717) is 12.9 Å². The monoisotopic (exact) mass is 545 g/mol. The standard InChI is InChI=1S/C29H34F3N3.C2H6.CH3F/c1-3-17-33-26-16-10-8-13-23(26)20(2)34-22-18-27(21-11-5-4-6-12-21)35-28(19-22)24-14-7-9-15-25(24)29(30,31)32;2*1-2/h7-10,13-16,18-21,33H,3-6,11-12,17H2,1-2H3,(H,34,35);1-2H3;1H3. The second-order valence-electron chi connectivity index (χ2n) is 9.42. The summed E-state index contributed by atoms with van der Waals surface area (Å²) >= 11 is 0. The van der Waals surface area contributed by atoms with Gasteiger partial charge in [0.05, 0.1) is 24.5 Å². The molecule has 1 fully saturated rings. The average Bonchev–Trinajstić information content (AvgIpc) is 2.98. The Morgan fingerprint density at radius 3 is 2.23 bits per heavy atom. The zero-order chi connectivity index (χ0) is 28.8. The Bertz CT molecular complexity index is 1120. The van der Waals surface area contributed by atoms with Gasteiger partial charge in [-0.05, 0) is 56.0 Å². The molecule has 1 aromatic heterocycles. The van der Waals surface area contributed by atoms with E-state index < -0.39 is 11.7 Å². The Kier molecular flexibility index (Phi) is 13.3. The number of para-hydroxylation sites is 1. The van der Waals surface area contributed by atoms with Crippen LogP contribution in [0.25, 0.3) is 11.3 Å². The number of nitrogens with zero attached hydrogens (tertiary/aromatic N) is 1. The topological polar surface area (TPSA) is 37.0 Å². The summed E-state index contributed by atoms with van der Waals surface area (Å²) in [5, 5.41) is 7.04. The van der Waals surface area contributed by atoms with Crippen LogP contribution in [0.1, 0.15) is 95.0 Å². The summed E-state index contributed by atoms with van der Waals surface area (Å²) in [4.78, 5) is 4.79. The molecule has 4 rings (SSSR count). The van der Waals surface area contributed by atoms with Crippen LogP contribution in [0.3, 0.4) is 0 Å². The predicted molar refractivity (Wildman–Crippen MR) is 156 cm³/mol. The van der Waals surface area contributed by atoms with Gasteiger partial charge in [0.25, 0.3) is 0 Å². The Morgan fingerprint density at radius 2 is 1.56 bits per heavy atom. The van der Waals surface area contributed by atoms with Crippen molar-refractivity contribution in [3.8, 4) is 11.3 Å². The number of alkyl halides is 4. The molecule has 2 N–H and O–H groups in total. The quantitative estimate of drug-likeness (QED) is 0.277. The summed E-state index contributed by atoms with van der Waals surface area (Å²) in [5.74, 6) is 0.274. The van der Waals surface area contributed by atoms with E-state index in [-0.39, 0.29) is 17.5 Å². The van der Waals surface area contributed by atoms with E-state index in [4.69, 9.17) is 4.98 Å². The highest BCUT2D eigenvalue weighted by Crippen LogP contribution is 2.39. The lowest BCUT2D eigenvalue weighted by Crippen LogP contribution is -2.13. The highest BCUT2D eigenvalue weighted by molar-refractivity contribution is 5.69. The fraction of sp³-hybridized carbons (Fsp3) is 0.469. The largest absolute Gasteiger partial charge is 0.417 e. The zero-order valence-electron chi connectivity index (χ0n) is 23.8. The van der Waals surface area contributed by atoms with Gasteiger partial charge < -0.3 is 10.6 Å². The molecule has 1 atom stereocenters. The van der Waals surface area contributed by atoms with Crippen molar-refractivity contribution in [2.45, 2.75) is 84.4 Å². The van der Waals surface area contributed by atoms with Crippen molar-refractivity contribution in [2.24, 2.45) is 0 Å². The van der Waals surface area contributed by atoms with E-state index in [1.807, 2.05) is 32.0 Å². The summed E-state index contributed by atoms with van der Waals surface area (Å²) in [7, 11) is 0.500. The molecule has 0 bridgehead atoms. The van der Waals surface area contributed by atoms with Crippen LogP contribution in [0.4, 0.5) is 28.9 Å². The minimum absolute atomic E-state index is 0.0390. The van der Waals surface area contributed by atoms with E-state index in [1.165, 1.54) is 18.6 Å². The molecular formula is C32H43F4N3. The second kappa shape index (κ2) is 16.1. The number of aromatic nitrogens is 1. The van der Waals surface area contributed by atoms with Gasteiger partial charge >= 0.3 is 6.18 Å². The molecule has 0 saturated heterocycles. The third-order valence-electron chi connectivity index (χ3n) is 6.75. The van der Waals surface area contributed by atoms with Gasteiger partial charge in [-0.3, -0.25) is 9.37 Å². The molecule has 0 spiro atoms. The van der Waals surface area contributed by atoms with E-state index >= 15 is 0 Å². The fourth-order valence-electron chi connectivity index (χ4n) is 4.96. The number of anilines is 2. The summed E-state index contributed by atoms with van der Waals surface area (Å²) in [6.07, 6.45) is 2.09. The molecule has 214 valence electrons. The number of benzene rings is 2. The summed E-state index contributed by atoms with van der Waals surface area (Å²) in [6.45, 7) is 9.08. The van der Waals surface area contributed by atoms with Crippen LogP contribution in [0.2, 0.25) is 0 Å². The first-order valence-corrected chi connectivity index (χ1v) is 14.0. The van der Waals surface area contributed by atoms with Gasteiger partial charge in [0.2, 0.25) is 0 Å². The maximum Gasteiger partial charge on any atom is 0.417 e. The molecule has 0 radical (unpaired) electrons. The Labute approximate surface area is 231 Å². The average molecular weight is 546 g/mol. The number of rotatable bonds is 8. The molecule has 7 heteroatoms. The number of hydrogen-bond donors (Lipinski definition) is 2. The normalized spacial score (nSPS) is 14.3. The molecule has 0 amide bonds. The molecule has 2 aromatic carbocycles. The van der Waals surface area contributed by atoms with E-state index in [9.17, 15) is 17.6 Å². The molecule has 1 saturated carbocycles.